The van der Waals surface area contributed by atoms with Crippen molar-refractivity contribution in [2.24, 2.45) is 0 Å². The molecule has 148 valence electrons. The molecule has 0 aliphatic carbocycles. The SMILES string of the molecule is C#Cc1cnc(N)nc1N[C@@H](C)c1cc2cccc(Cl)c2c(=O)n1-c1ccccc1. The van der Waals surface area contributed by atoms with Gasteiger partial charge in [0.1, 0.15) is 5.82 Å². The minimum Gasteiger partial charge on any atom is -0.368 e. The van der Waals surface area contributed by atoms with Crippen LogP contribution in [-0.2, 0) is 0 Å². The molecule has 0 fully saturated rings. The zero-order valence-corrected chi connectivity index (χ0v) is 16.9. The average Bonchev–Trinajstić information content (AvgIpc) is 2.74. The molecule has 0 aliphatic rings. The van der Waals surface area contributed by atoms with Crippen molar-refractivity contribution in [2.45, 2.75) is 13.0 Å². The largest absolute Gasteiger partial charge is 0.368 e. The van der Waals surface area contributed by atoms with Gasteiger partial charge in [-0.2, -0.15) is 4.98 Å². The van der Waals surface area contributed by atoms with Crippen LogP contribution in [0.1, 0.15) is 24.2 Å². The monoisotopic (exact) mass is 415 g/mol. The fourth-order valence-electron chi connectivity index (χ4n) is 3.39. The second kappa shape index (κ2) is 7.90. The Labute approximate surface area is 178 Å². The number of hydrogen-bond donors (Lipinski definition) is 2. The molecule has 0 aliphatic heterocycles. The average molecular weight is 416 g/mol. The van der Waals surface area contributed by atoms with Crippen LogP contribution < -0.4 is 16.6 Å². The zero-order valence-electron chi connectivity index (χ0n) is 16.1. The highest BCUT2D eigenvalue weighted by molar-refractivity contribution is 6.35. The third-order valence-electron chi connectivity index (χ3n) is 4.80. The number of para-hydroxylation sites is 1. The second-order valence-electron chi connectivity index (χ2n) is 6.75. The zero-order chi connectivity index (χ0) is 21.3. The van der Waals surface area contributed by atoms with Crippen LogP contribution >= 0.6 is 11.6 Å². The normalized spacial score (nSPS) is 11.8. The van der Waals surface area contributed by atoms with Gasteiger partial charge in [-0.15, -0.1) is 6.42 Å². The summed E-state index contributed by atoms with van der Waals surface area (Å²) >= 11 is 6.36. The van der Waals surface area contributed by atoms with Crippen LogP contribution in [0.15, 0.2) is 65.6 Å². The predicted molar refractivity (Wildman–Crippen MR) is 121 cm³/mol. The molecule has 2 aromatic carbocycles. The lowest BCUT2D eigenvalue weighted by atomic mass is 10.1. The van der Waals surface area contributed by atoms with Gasteiger partial charge in [0.25, 0.3) is 5.56 Å². The lowest BCUT2D eigenvalue weighted by molar-refractivity contribution is 0.772. The van der Waals surface area contributed by atoms with E-state index in [2.05, 4.69) is 21.2 Å². The summed E-state index contributed by atoms with van der Waals surface area (Å²) in [7, 11) is 0. The van der Waals surface area contributed by atoms with Gasteiger partial charge in [0.05, 0.1) is 28.2 Å². The molecule has 4 aromatic rings. The van der Waals surface area contributed by atoms with Gasteiger partial charge in [-0.3, -0.25) is 9.36 Å². The van der Waals surface area contributed by atoms with Crippen LogP contribution in [0.2, 0.25) is 5.02 Å². The van der Waals surface area contributed by atoms with Crippen LogP contribution in [0.4, 0.5) is 11.8 Å². The number of pyridine rings is 1. The van der Waals surface area contributed by atoms with Gasteiger partial charge in [0.15, 0.2) is 0 Å². The van der Waals surface area contributed by atoms with Crippen LogP contribution in [0.3, 0.4) is 0 Å². The van der Waals surface area contributed by atoms with Crippen LogP contribution in [-0.4, -0.2) is 14.5 Å². The molecule has 30 heavy (non-hydrogen) atoms. The first-order valence-electron chi connectivity index (χ1n) is 9.25. The number of terminal acetylenes is 1. The van der Waals surface area contributed by atoms with E-state index in [0.717, 1.165) is 16.8 Å². The molecule has 3 N–H and O–H groups in total. The van der Waals surface area contributed by atoms with Crippen molar-refractivity contribution < 1.29 is 0 Å². The molecule has 7 heteroatoms. The van der Waals surface area contributed by atoms with E-state index >= 15 is 0 Å². The number of hydrogen-bond acceptors (Lipinski definition) is 5. The van der Waals surface area contributed by atoms with E-state index in [9.17, 15) is 4.79 Å². The van der Waals surface area contributed by atoms with E-state index in [4.69, 9.17) is 23.8 Å². The summed E-state index contributed by atoms with van der Waals surface area (Å²) in [6.45, 7) is 1.92. The molecule has 0 amide bonds. The van der Waals surface area contributed by atoms with Crippen LogP contribution in [0.5, 0.6) is 0 Å². The van der Waals surface area contributed by atoms with E-state index in [1.165, 1.54) is 6.20 Å². The molecule has 6 nitrogen and oxygen atoms in total. The van der Waals surface area contributed by atoms with E-state index in [1.54, 1.807) is 10.6 Å². The lowest BCUT2D eigenvalue weighted by Gasteiger charge is -2.22. The first kappa shape index (κ1) is 19.5. The molecule has 0 unspecified atom stereocenters. The minimum atomic E-state index is -0.331. The van der Waals surface area contributed by atoms with Crippen molar-refractivity contribution in [3.8, 4) is 18.0 Å². The van der Waals surface area contributed by atoms with Gasteiger partial charge in [0.2, 0.25) is 5.95 Å². The predicted octanol–water partition coefficient (Wildman–Crippen LogP) is 4.17. The highest BCUT2D eigenvalue weighted by atomic mass is 35.5. The third kappa shape index (κ3) is 3.47. The molecule has 1 atom stereocenters. The van der Waals surface area contributed by atoms with Gasteiger partial charge >= 0.3 is 0 Å². The molecule has 2 heterocycles. The number of fused-ring (bicyclic) bond motifs is 1. The Morgan fingerprint density at radius 3 is 2.70 bits per heavy atom. The van der Waals surface area contributed by atoms with Crippen LogP contribution in [0.25, 0.3) is 16.5 Å². The maximum Gasteiger partial charge on any atom is 0.264 e. The highest BCUT2D eigenvalue weighted by Gasteiger charge is 2.19. The number of halogens is 1. The fraction of sp³-hybridized carbons (Fsp3) is 0.0870. The maximum absolute atomic E-state index is 13.5. The highest BCUT2D eigenvalue weighted by Crippen LogP contribution is 2.27. The van der Waals surface area contributed by atoms with E-state index < -0.39 is 0 Å². The van der Waals surface area contributed by atoms with E-state index in [1.807, 2.05) is 55.5 Å². The Bertz CT molecular complexity index is 1340. The Morgan fingerprint density at radius 1 is 1.20 bits per heavy atom. The summed E-state index contributed by atoms with van der Waals surface area (Å²) in [5.41, 5.74) is 7.46. The van der Waals surface area contributed by atoms with E-state index in [0.29, 0.717) is 21.8 Å². The quantitative estimate of drug-likeness (QED) is 0.488. The van der Waals surface area contributed by atoms with Crippen molar-refractivity contribution in [3.05, 3.63) is 87.4 Å². The summed E-state index contributed by atoms with van der Waals surface area (Å²) in [4.78, 5) is 21.6. The number of nitrogen functional groups attached to an aromatic ring is 1. The van der Waals surface area contributed by atoms with Gasteiger partial charge in [0, 0.05) is 11.4 Å². The Morgan fingerprint density at radius 2 is 1.97 bits per heavy atom. The van der Waals surface area contributed by atoms with Gasteiger partial charge in [-0.1, -0.05) is 47.9 Å². The summed E-state index contributed by atoms with van der Waals surface area (Å²) < 4.78 is 1.64. The van der Waals surface area contributed by atoms with Crippen LogP contribution in [0, 0.1) is 12.3 Å². The summed E-state index contributed by atoms with van der Waals surface area (Å²) in [5, 5.41) is 4.90. The lowest BCUT2D eigenvalue weighted by Crippen LogP contribution is -2.26. The molecule has 4 rings (SSSR count). The Balaban J connectivity index is 1.93. The number of rotatable bonds is 4. The standard InChI is InChI=1S/C23H18ClN5O/c1-3-15-13-26-23(25)28-21(15)27-14(2)19-12-16-8-7-11-18(24)20(16)22(30)29(19)17-9-5-4-6-10-17/h1,4-14H,2H3,(H3,25,26,27,28)/t14-/m0/s1. The maximum atomic E-state index is 13.5. The minimum absolute atomic E-state index is 0.106. The first-order chi connectivity index (χ1) is 14.5. The smallest absolute Gasteiger partial charge is 0.264 e. The molecule has 0 saturated heterocycles. The summed E-state index contributed by atoms with van der Waals surface area (Å²) in [6.07, 6.45) is 7.06. The number of nitrogens with one attached hydrogen (secondary N) is 1. The first-order valence-corrected chi connectivity index (χ1v) is 9.62. The van der Waals surface area contributed by atoms with Crippen molar-refractivity contribution in [3.63, 3.8) is 0 Å². The number of nitrogens with two attached hydrogens (primary N) is 1. The number of anilines is 2. The molecule has 0 radical (unpaired) electrons. The third-order valence-corrected chi connectivity index (χ3v) is 5.11. The molecular weight excluding hydrogens is 398 g/mol. The second-order valence-corrected chi connectivity index (χ2v) is 7.16. The summed E-state index contributed by atoms with van der Waals surface area (Å²) in [5.74, 6) is 3.08. The molecule has 0 spiro atoms. The molecule has 0 saturated carbocycles. The Hall–Kier alpha value is -3.82. The number of benzene rings is 2. The van der Waals surface area contributed by atoms with Gasteiger partial charge < -0.3 is 11.1 Å². The summed E-state index contributed by atoms with van der Waals surface area (Å²) in [6, 6.07) is 16.4. The number of aromatic nitrogens is 3. The van der Waals surface area contributed by atoms with Crippen molar-refractivity contribution in [1.82, 2.24) is 14.5 Å². The van der Waals surface area contributed by atoms with E-state index in [-0.39, 0.29) is 17.5 Å². The molecular formula is C23H18ClN5O. The topological polar surface area (TPSA) is 85.8 Å². The fourth-order valence-corrected chi connectivity index (χ4v) is 3.65. The van der Waals surface area contributed by atoms with Crippen molar-refractivity contribution in [2.75, 3.05) is 11.1 Å². The van der Waals surface area contributed by atoms with Gasteiger partial charge in [-0.25, -0.2) is 4.98 Å². The Kier molecular flexibility index (Phi) is 5.13. The van der Waals surface area contributed by atoms with Gasteiger partial charge in [-0.05, 0) is 36.6 Å². The van der Waals surface area contributed by atoms with Crippen molar-refractivity contribution >= 4 is 34.1 Å². The molecule has 0 bridgehead atoms. The number of nitrogens with zero attached hydrogens (tertiary/aromatic N) is 3. The van der Waals surface area contributed by atoms with Crippen molar-refractivity contribution in [1.29, 1.82) is 0 Å². The molecule has 2 aromatic heterocycles.